The van der Waals surface area contributed by atoms with Crippen LogP contribution in [-0.2, 0) is 4.79 Å². The first-order valence-corrected chi connectivity index (χ1v) is 5.85. The number of hydrogen-bond donors (Lipinski definition) is 1. The molecule has 0 spiro atoms. The Kier molecular flexibility index (Phi) is 3.14. The van der Waals surface area contributed by atoms with E-state index in [0.29, 0.717) is 6.42 Å². The summed E-state index contributed by atoms with van der Waals surface area (Å²) in [6.07, 6.45) is 0.618. The van der Waals surface area contributed by atoms with Crippen LogP contribution in [0.25, 0.3) is 10.8 Å². The van der Waals surface area contributed by atoms with Crippen LogP contribution in [0.2, 0.25) is 0 Å². The molecule has 0 bridgehead atoms. The van der Waals surface area contributed by atoms with Crippen molar-refractivity contribution in [3.05, 3.63) is 47.5 Å². The van der Waals surface area contributed by atoms with E-state index in [1.165, 1.54) is 5.56 Å². The van der Waals surface area contributed by atoms with E-state index in [2.05, 4.69) is 13.0 Å². The topological polar surface area (TPSA) is 37.3 Å². The third-order valence-corrected chi connectivity index (χ3v) is 3.13. The van der Waals surface area contributed by atoms with Crippen LogP contribution in [0, 0.1) is 6.92 Å². The summed E-state index contributed by atoms with van der Waals surface area (Å²) in [6, 6.07) is 12.1. The highest BCUT2D eigenvalue weighted by molar-refractivity contribution is 5.86. The lowest BCUT2D eigenvalue weighted by atomic mass is 9.94. The number of carboxylic acid groups (broad SMARTS) is 1. The molecule has 0 amide bonds. The SMILES string of the molecule is CCC(C(=O)O)c1ccc2cc(C)ccc2c1. The van der Waals surface area contributed by atoms with Gasteiger partial charge in [-0.1, -0.05) is 48.9 Å². The largest absolute Gasteiger partial charge is 0.481 e. The maximum atomic E-state index is 11.1. The molecule has 17 heavy (non-hydrogen) atoms. The van der Waals surface area contributed by atoms with Crippen LogP contribution < -0.4 is 0 Å². The number of benzene rings is 2. The van der Waals surface area contributed by atoms with Crippen molar-refractivity contribution in [3.8, 4) is 0 Å². The van der Waals surface area contributed by atoms with E-state index in [-0.39, 0.29) is 0 Å². The highest BCUT2D eigenvalue weighted by Gasteiger charge is 2.17. The maximum Gasteiger partial charge on any atom is 0.310 e. The molecule has 0 saturated carbocycles. The Balaban J connectivity index is 2.50. The summed E-state index contributed by atoms with van der Waals surface area (Å²) in [5.41, 5.74) is 2.10. The van der Waals surface area contributed by atoms with Gasteiger partial charge in [0.1, 0.15) is 0 Å². The summed E-state index contributed by atoms with van der Waals surface area (Å²) in [6.45, 7) is 3.96. The number of carboxylic acids is 1. The number of carbonyl (C=O) groups is 1. The average Bonchev–Trinajstić information content (AvgIpc) is 2.29. The summed E-state index contributed by atoms with van der Waals surface area (Å²) >= 11 is 0. The summed E-state index contributed by atoms with van der Waals surface area (Å²) in [5.74, 6) is -1.15. The second-order valence-electron chi connectivity index (χ2n) is 4.41. The molecule has 0 fully saturated rings. The predicted octanol–water partition coefficient (Wildman–Crippen LogP) is 3.73. The van der Waals surface area contributed by atoms with Crippen LogP contribution in [0.3, 0.4) is 0 Å². The Hall–Kier alpha value is -1.83. The van der Waals surface area contributed by atoms with Crippen molar-refractivity contribution < 1.29 is 9.90 Å². The van der Waals surface area contributed by atoms with Gasteiger partial charge in [-0.05, 0) is 29.7 Å². The second kappa shape index (κ2) is 4.58. The molecule has 1 N–H and O–H groups in total. The van der Waals surface area contributed by atoms with E-state index in [1.807, 2.05) is 37.3 Å². The van der Waals surface area contributed by atoms with Crippen LogP contribution in [0.5, 0.6) is 0 Å². The molecule has 0 aliphatic heterocycles. The predicted molar refractivity (Wildman–Crippen MR) is 69.4 cm³/mol. The minimum atomic E-state index is -0.751. The van der Waals surface area contributed by atoms with Crippen LogP contribution >= 0.6 is 0 Å². The smallest absolute Gasteiger partial charge is 0.310 e. The average molecular weight is 228 g/mol. The van der Waals surface area contributed by atoms with Crippen molar-refractivity contribution >= 4 is 16.7 Å². The Morgan fingerprint density at radius 1 is 1.18 bits per heavy atom. The molecule has 0 radical (unpaired) electrons. The van der Waals surface area contributed by atoms with Gasteiger partial charge in [0.25, 0.3) is 0 Å². The van der Waals surface area contributed by atoms with Gasteiger partial charge in [-0.3, -0.25) is 4.79 Å². The van der Waals surface area contributed by atoms with Gasteiger partial charge in [-0.25, -0.2) is 0 Å². The van der Waals surface area contributed by atoms with E-state index >= 15 is 0 Å². The Labute approximate surface area is 101 Å². The number of aryl methyl sites for hydroxylation is 1. The summed E-state index contributed by atoms with van der Waals surface area (Å²) in [4.78, 5) is 11.1. The maximum absolute atomic E-state index is 11.1. The third-order valence-electron chi connectivity index (χ3n) is 3.13. The van der Waals surface area contributed by atoms with Crippen molar-refractivity contribution in [3.63, 3.8) is 0 Å². The lowest BCUT2D eigenvalue weighted by Gasteiger charge is -2.11. The van der Waals surface area contributed by atoms with Crippen LogP contribution in [0.1, 0.15) is 30.4 Å². The van der Waals surface area contributed by atoms with Gasteiger partial charge in [0.05, 0.1) is 5.92 Å². The molecule has 2 aromatic carbocycles. The summed E-state index contributed by atoms with van der Waals surface area (Å²) in [7, 11) is 0. The number of aliphatic carboxylic acids is 1. The first-order chi connectivity index (χ1) is 8.11. The van der Waals surface area contributed by atoms with Gasteiger partial charge < -0.3 is 5.11 Å². The molecule has 2 nitrogen and oxygen atoms in total. The van der Waals surface area contributed by atoms with E-state index in [0.717, 1.165) is 16.3 Å². The highest BCUT2D eigenvalue weighted by Crippen LogP contribution is 2.25. The van der Waals surface area contributed by atoms with E-state index in [4.69, 9.17) is 5.11 Å². The van der Waals surface area contributed by atoms with E-state index < -0.39 is 11.9 Å². The van der Waals surface area contributed by atoms with Crippen molar-refractivity contribution in [2.75, 3.05) is 0 Å². The van der Waals surface area contributed by atoms with Crippen molar-refractivity contribution in [2.24, 2.45) is 0 Å². The Morgan fingerprint density at radius 3 is 2.47 bits per heavy atom. The fourth-order valence-corrected chi connectivity index (χ4v) is 2.15. The fraction of sp³-hybridized carbons (Fsp3) is 0.267. The minimum Gasteiger partial charge on any atom is -0.481 e. The molecule has 2 heteroatoms. The first-order valence-electron chi connectivity index (χ1n) is 5.85. The quantitative estimate of drug-likeness (QED) is 0.869. The molecule has 1 unspecified atom stereocenters. The molecule has 2 aromatic rings. The zero-order chi connectivity index (χ0) is 12.4. The molecule has 0 aliphatic rings. The van der Waals surface area contributed by atoms with Crippen LogP contribution in [0.4, 0.5) is 0 Å². The van der Waals surface area contributed by atoms with Gasteiger partial charge in [0.15, 0.2) is 0 Å². The monoisotopic (exact) mass is 228 g/mol. The van der Waals surface area contributed by atoms with Gasteiger partial charge in [0.2, 0.25) is 0 Å². The number of rotatable bonds is 3. The fourth-order valence-electron chi connectivity index (χ4n) is 2.15. The van der Waals surface area contributed by atoms with Gasteiger partial charge in [-0.2, -0.15) is 0 Å². The second-order valence-corrected chi connectivity index (χ2v) is 4.41. The van der Waals surface area contributed by atoms with Crippen LogP contribution in [-0.4, -0.2) is 11.1 Å². The van der Waals surface area contributed by atoms with Crippen molar-refractivity contribution in [2.45, 2.75) is 26.2 Å². The molecule has 0 aromatic heterocycles. The van der Waals surface area contributed by atoms with Gasteiger partial charge >= 0.3 is 5.97 Å². The number of hydrogen-bond acceptors (Lipinski definition) is 1. The molecular formula is C15H16O2. The standard InChI is InChI=1S/C15H16O2/c1-3-14(15(16)17)13-7-6-11-8-10(2)4-5-12(11)9-13/h4-9,14H,3H2,1-2H3,(H,16,17). The third kappa shape index (κ3) is 2.31. The molecule has 88 valence electrons. The Morgan fingerprint density at radius 2 is 1.82 bits per heavy atom. The molecule has 1 atom stereocenters. The molecule has 0 aliphatic carbocycles. The molecular weight excluding hydrogens is 212 g/mol. The molecule has 0 heterocycles. The zero-order valence-electron chi connectivity index (χ0n) is 10.1. The molecule has 0 saturated heterocycles. The summed E-state index contributed by atoms with van der Waals surface area (Å²) < 4.78 is 0. The minimum absolute atomic E-state index is 0.402. The summed E-state index contributed by atoms with van der Waals surface area (Å²) in [5, 5.41) is 11.4. The first kappa shape index (κ1) is 11.6. The van der Waals surface area contributed by atoms with Crippen LogP contribution in [0.15, 0.2) is 36.4 Å². The van der Waals surface area contributed by atoms with E-state index in [9.17, 15) is 4.79 Å². The lowest BCUT2D eigenvalue weighted by molar-refractivity contribution is -0.138. The highest BCUT2D eigenvalue weighted by atomic mass is 16.4. The van der Waals surface area contributed by atoms with Gasteiger partial charge in [-0.15, -0.1) is 0 Å². The molecule has 2 rings (SSSR count). The number of fused-ring (bicyclic) bond motifs is 1. The lowest BCUT2D eigenvalue weighted by Crippen LogP contribution is -2.10. The zero-order valence-corrected chi connectivity index (χ0v) is 10.1. The normalized spacial score (nSPS) is 12.6. The van der Waals surface area contributed by atoms with Crippen molar-refractivity contribution in [1.29, 1.82) is 0 Å². The van der Waals surface area contributed by atoms with Crippen molar-refractivity contribution in [1.82, 2.24) is 0 Å². The van der Waals surface area contributed by atoms with E-state index in [1.54, 1.807) is 0 Å². The van der Waals surface area contributed by atoms with Gasteiger partial charge in [0, 0.05) is 0 Å². The Bertz CT molecular complexity index is 558.